The Labute approximate surface area is 200 Å². The van der Waals surface area contributed by atoms with E-state index in [0.29, 0.717) is 5.02 Å². The van der Waals surface area contributed by atoms with Crippen LogP contribution in [0.15, 0.2) is 78.9 Å². The van der Waals surface area contributed by atoms with Gasteiger partial charge in [-0.25, -0.2) is 4.98 Å². The maximum atomic E-state index is 10.0. The van der Waals surface area contributed by atoms with Gasteiger partial charge in [-0.2, -0.15) is 12.6 Å². The minimum Gasteiger partial charge on any atom is -0.389 e. The molecule has 4 heteroatoms. The van der Waals surface area contributed by atoms with Crippen LogP contribution in [0.25, 0.3) is 23.1 Å². The van der Waals surface area contributed by atoms with Crippen LogP contribution in [0, 0.1) is 0 Å². The van der Waals surface area contributed by atoms with Crippen molar-refractivity contribution < 1.29 is 5.11 Å². The number of rotatable bonds is 7. The molecule has 0 spiro atoms. The Morgan fingerprint density at radius 3 is 2.62 bits per heavy atom. The van der Waals surface area contributed by atoms with Gasteiger partial charge in [0, 0.05) is 15.7 Å². The lowest BCUT2D eigenvalue weighted by Crippen LogP contribution is -2.01. The van der Waals surface area contributed by atoms with E-state index in [-0.39, 0.29) is 5.25 Å². The second kappa shape index (κ2) is 10.4. The summed E-state index contributed by atoms with van der Waals surface area (Å²) in [5.74, 6) is 0. The van der Waals surface area contributed by atoms with Crippen LogP contribution in [-0.4, -0.2) is 10.1 Å². The van der Waals surface area contributed by atoms with E-state index < -0.39 is 6.10 Å². The molecule has 0 amide bonds. The molecule has 1 aromatic heterocycles. The van der Waals surface area contributed by atoms with Crippen LogP contribution in [0.5, 0.6) is 0 Å². The molecular formula is C28H26ClNOS. The second-order valence-electron chi connectivity index (χ2n) is 8.01. The summed E-state index contributed by atoms with van der Waals surface area (Å²) in [6.45, 7) is 1.81. The highest BCUT2D eigenvalue weighted by atomic mass is 35.5. The fraction of sp³-hybridized carbons (Fsp3) is 0.179. The minimum atomic E-state index is -0.460. The monoisotopic (exact) mass is 459 g/mol. The highest BCUT2D eigenvalue weighted by molar-refractivity contribution is 7.80. The number of halogens is 1. The van der Waals surface area contributed by atoms with Crippen LogP contribution < -0.4 is 0 Å². The average molecular weight is 460 g/mol. The van der Waals surface area contributed by atoms with Crippen LogP contribution in [-0.2, 0) is 6.42 Å². The number of thiol groups is 1. The fourth-order valence-corrected chi connectivity index (χ4v) is 4.33. The first-order valence-corrected chi connectivity index (χ1v) is 11.7. The molecule has 2 atom stereocenters. The van der Waals surface area contributed by atoms with E-state index in [2.05, 4.69) is 47.5 Å². The molecular weight excluding hydrogens is 434 g/mol. The van der Waals surface area contributed by atoms with Gasteiger partial charge in [0.15, 0.2) is 0 Å². The lowest BCUT2D eigenvalue weighted by molar-refractivity contribution is 0.198. The van der Waals surface area contributed by atoms with Crippen molar-refractivity contribution in [1.29, 1.82) is 0 Å². The SMILES string of the molecule is CC(O)c1ccccc1CC[C@@H](S)c1cccc(/C=C/c2ccc3ccc(Cl)cc3n2)c1. The number of benzene rings is 3. The maximum absolute atomic E-state index is 10.0. The Morgan fingerprint density at radius 2 is 1.78 bits per heavy atom. The van der Waals surface area contributed by atoms with E-state index in [1.165, 1.54) is 11.1 Å². The molecule has 1 heterocycles. The number of fused-ring (bicyclic) bond motifs is 1. The summed E-state index contributed by atoms with van der Waals surface area (Å²) >= 11 is 11.0. The van der Waals surface area contributed by atoms with Crippen LogP contribution in [0.4, 0.5) is 0 Å². The lowest BCUT2D eigenvalue weighted by atomic mass is 9.96. The zero-order valence-electron chi connectivity index (χ0n) is 17.9. The number of aliphatic hydroxyl groups excluding tert-OH is 1. The van der Waals surface area contributed by atoms with Gasteiger partial charge >= 0.3 is 0 Å². The molecule has 32 heavy (non-hydrogen) atoms. The topological polar surface area (TPSA) is 33.1 Å². The molecule has 0 radical (unpaired) electrons. The molecule has 0 bridgehead atoms. The van der Waals surface area contributed by atoms with Gasteiger partial charge in [0.2, 0.25) is 0 Å². The number of aryl methyl sites for hydroxylation is 1. The Hall–Kier alpha value is -2.59. The van der Waals surface area contributed by atoms with Crippen LogP contribution in [0.2, 0.25) is 5.02 Å². The lowest BCUT2D eigenvalue weighted by Gasteiger charge is -2.15. The number of aromatic nitrogens is 1. The zero-order valence-corrected chi connectivity index (χ0v) is 19.6. The van der Waals surface area contributed by atoms with Gasteiger partial charge < -0.3 is 5.11 Å². The summed E-state index contributed by atoms with van der Waals surface area (Å²) in [7, 11) is 0. The largest absolute Gasteiger partial charge is 0.389 e. The average Bonchev–Trinajstić information content (AvgIpc) is 2.81. The van der Waals surface area contributed by atoms with Crippen molar-refractivity contribution in [1.82, 2.24) is 4.98 Å². The van der Waals surface area contributed by atoms with Gasteiger partial charge in [0.1, 0.15) is 0 Å². The summed E-state index contributed by atoms with van der Waals surface area (Å²) in [6, 6.07) is 26.3. The molecule has 0 aliphatic rings. The third-order valence-corrected chi connectivity index (χ3v) is 6.40. The first kappa shape index (κ1) is 22.6. The van der Waals surface area contributed by atoms with Crippen LogP contribution in [0.1, 0.15) is 52.6 Å². The normalized spacial score (nSPS) is 13.5. The number of aliphatic hydroxyl groups is 1. The highest BCUT2D eigenvalue weighted by Gasteiger charge is 2.11. The van der Waals surface area contributed by atoms with Crippen molar-refractivity contribution in [2.45, 2.75) is 31.1 Å². The Balaban J connectivity index is 1.46. The predicted molar refractivity (Wildman–Crippen MR) is 139 cm³/mol. The highest BCUT2D eigenvalue weighted by Crippen LogP contribution is 2.28. The quantitative estimate of drug-likeness (QED) is 0.277. The molecule has 4 aromatic rings. The number of nitrogens with zero attached hydrogens (tertiary/aromatic N) is 1. The Bertz CT molecular complexity index is 1250. The second-order valence-corrected chi connectivity index (χ2v) is 9.07. The van der Waals surface area contributed by atoms with E-state index in [1.54, 1.807) is 0 Å². The van der Waals surface area contributed by atoms with Crippen molar-refractivity contribution in [2.75, 3.05) is 0 Å². The van der Waals surface area contributed by atoms with Crippen molar-refractivity contribution >= 4 is 47.3 Å². The molecule has 4 rings (SSSR count). The number of hydrogen-bond donors (Lipinski definition) is 2. The number of pyridine rings is 1. The first-order chi connectivity index (χ1) is 15.5. The molecule has 3 aromatic carbocycles. The van der Waals surface area contributed by atoms with Crippen molar-refractivity contribution in [3.05, 3.63) is 112 Å². The number of hydrogen-bond acceptors (Lipinski definition) is 3. The third-order valence-electron chi connectivity index (χ3n) is 5.61. The molecule has 0 aliphatic heterocycles. The van der Waals surface area contributed by atoms with E-state index in [0.717, 1.165) is 40.6 Å². The van der Waals surface area contributed by atoms with Crippen LogP contribution in [0.3, 0.4) is 0 Å². The minimum absolute atomic E-state index is 0.117. The predicted octanol–water partition coefficient (Wildman–Crippen LogP) is 7.72. The molecule has 162 valence electrons. The summed E-state index contributed by atoms with van der Waals surface area (Å²) in [6.07, 6.45) is 5.40. The molecule has 0 saturated carbocycles. The van der Waals surface area contributed by atoms with Crippen LogP contribution >= 0.6 is 24.2 Å². The Kier molecular flexibility index (Phi) is 7.31. The van der Waals surface area contributed by atoms with Gasteiger partial charge in [-0.1, -0.05) is 78.3 Å². The van der Waals surface area contributed by atoms with Crippen molar-refractivity contribution in [3.8, 4) is 0 Å². The van der Waals surface area contributed by atoms with Gasteiger partial charge in [-0.05, 0) is 66.3 Å². The van der Waals surface area contributed by atoms with Gasteiger partial charge in [0.05, 0.1) is 17.3 Å². The Morgan fingerprint density at radius 1 is 0.969 bits per heavy atom. The van der Waals surface area contributed by atoms with Crippen molar-refractivity contribution in [3.63, 3.8) is 0 Å². The van der Waals surface area contributed by atoms with E-state index in [4.69, 9.17) is 24.2 Å². The summed E-state index contributed by atoms with van der Waals surface area (Å²) in [4.78, 5) is 4.69. The van der Waals surface area contributed by atoms with E-state index >= 15 is 0 Å². The fourth-order valence-electron chi connectivity index (χ4n) is 3.88. The molecule has 1 N–H and O–H groups in total. The van der Waals surface area contributed by atoms with E-state index in [1.807, 2.05) is 55.5 Å². The molecule has 0 fully saturated rings. The van der Waals surface area contributed by atoms with Gasteiger partial charge in [-0.15, -0.1) is 0 Å². The molecule has 0 saturated heterocycles. The smallest absolute Gasteiger partial charge is 0.0764 e. The standard InChI is InChI=1S/C28H26ClNOS/c1-19(31)26-8-3-2-6-21(26)12-16-28(32)23-7-4-5-20(17-23)9-14-25-15-11-22-10-13-24(29)18-27(22)30-25/h2-11,13-15,17-19,28,31-32H,12,16H2,1H3/b14-9+/t19?,28-/m1/s1. The van der Waals surface area contributed by atoms with Gasteiger partial charge in [-0.3, -0.25) is 0 Å². The summed E-state index contributed by atoms with van der Waals surface area (Å²) < 4.78 is 0. The molecule has 1 unspecified atom stereocenters. The third kappa shape index (κ3) is 5.60. The summed E-state index contributed by atoms with van der Waals surface area (Å²) in [5, 5.41) is 11.9. The molecule has 2 nitrogen and oxygen atoms in total. The maximum Gasteiger partial charge on any atom is 0.0764 e. The first-order valence-electron chi connectivity index (χ1n) is 10.8. The molecule has 0 aliphatic carbocycles. The van der Waals surface area contributed by atoms with Crippen molar-refractivity contribution in [2.24, 2.45) is 0 Å². The van der Waals surface area contributed by atoms with E-state index in [9.17, 15) is 5.11 Å². The van der Waals surface area contributed by atoms with Gasteiger partial charge in [0.25, 0.3) is 0 Å². The zero-order chi connectivity index (χ0) is 22.5. The summed E-state index contributed by atoms with van der Waals surface area (Å²) in [5.41, 5.74) is 6.25.